The van der Waals surface area contributed by atoms with E-state index in [-0.39, 0.29) is 5.91 Å². The number of methoxy groups -OCH3 is 2. The maximum absolute atomic E-state index is 12.3. The molecule has 1 atom stereocenters. The number of carbonyl (C=O) groups excluding carboxylic acids is 2. The topological polar surface area (TPSA) is 55.8 Å². The van der Waals surface area contributed by atoms with Gasteiger partial charge in [0.05, 0.1) is 19.9 Å². The summed E-state index contributed by atoms with van der Waals surface area (Å²) >= 11 is 0. The van der Waals surface area contributed by atoms with Crippen LogP contribution < -0.4 is 9.64 Å². The fraction of sp³-hybridized carbons (Fsp3) is 0.385. The van der Waals surface area contributed by atoms with E-state index >= 15 is 0 Å². The van der Waals surface area contributed by atoms with Crippen molar-refractivity contribution in [2.24, 2.45) is 0 Å². The Morgan fingerprint density at radius 1 is 1.33 bits per heavy atom. The number of hydrogen-bond acceptors (Lipinski definition) is 4. The quantitative estimate of drug-likeness (QED) is 0.582. The highest BCUT2D eigenvalue weighted by Gasteiger charge is 2.54. The van der Waals surface area contributed by atoms with Crippen LogP contribution in [0.4, 0.5) is 5.69 Å². The van der Waals surface area contributed by atoms with Crippen molar-refractivity contribution in [3.8, 4) is 5.75 Å². The molecule has 18 heavy (non-hydrogen) atoms. The van der Waals surface area contributed by atoms with Gasteiger partial charge in [0.1, 0.15) is 5.75 Å². The number of likely N-dealkylation sites (N-methyl/N-ethyl adjacent to an activating group) is 1. The molecule has 1 amide bonds. The third-order valence-electron chi connectivity index (χ3n) is 3.41. The smallest absolute Gasteiger partial charge is 0.325 e. The lowest BCUT2D eigenvalue weighted by Crippen LogP contribution is -2.43. The van der Waals surface area contributed by atoms with Crippen molar-refractivity contribution in [1.29, 1.82) is 0 Å². The van der Waals surface area contributed by atoms with Crippen LogP contribution in [0, 0.1) is 0 Å². The van der Waals surface area contributed by atoms with E-state index in [2.05, 4.69) is 0 Å². The summed E-state index contributed by atoms with van der Waals surface area (Å²) in [6.45, 7) is 1.56. The third-order valence-corrected chi connectivity index (χ3v) is 3.41. The minimum absolute atomic E-state index is 0.311. The summed E-state index contributed by atoms with van der Waals surface area (Å²) in [5.41, 5.74) is -0.107. The van der Waals surface area contributed by atoms with Crippen molar-refractivity contribution in [2.75, 3.05) is 26.2 Å². The van der Waals surface area contributed by atoms with Crippen molar-refractivity contribution in [2.45, 2.75) is 12.3 Å². The summed E-state index contributed by atoms with van der Waals surface area (Å²) in [7, 11) is 4.42. The lowest BCUT2D eigenvalue weighted by atomic mass is 9.83. The van der Waals surface area contributed by atoms with Crippen LogP contribution in [0.3, 0.4) is 0 Å². The minimum atomic E-state index is -1.34. The first-order valence-electron chi connectivity index (χ1n) is 5.52. The molecule has 0 aromatic heterocycles. The minimum Gasteiger partial charge on any atom is -0.496 e. The van der Waals surface area contributed by atoms with Crippen molar-refractivity contribution in [3.05, 3.63) is 23.8 Å². The maximum atomic E-state index is 12.3. The molecule has 1 heterocycles. The van der Waals surface area contributed by atoms with E-state index in [1.165, 1.54) is 19.1 Å². The van der Waals surface area contributed by atoms with Gasteiger partial charge in [-0.1, -0.05) is 6.07 Å². The number of anilines is 1. The normalized spacial score (nSPS) is 21.8. The van der Waals surface area contributed by atoms with Gasteiger partial charge in [-0.2, -0.15) is 0 Å². The predicted octanol–water partition coefficient (Wildman–Crippen LogP) is 1.10. The average molecular weight is 249 g/mol. The molecule has 1 aliphatic heterocycles. The Bertz CT molecular complexity index is 526. The molecule has 0 radical (unpaired) electrons. The molecule has 0 unspecified atom stereocenters. The van der Waals surface area contributed by atoms with Gasteiger partial charge in [0.2, 0.25) is 5.91 Å². The standard InChI is InChI=1S/C13H15NO4/c1-13(12(16)18-4)10-8(14(2)11(13)15)6-5-7-9(10)17-3/h5-7H,1-4H3/t13-/m1/s1. The highest BCUT2D eigenvalue weighted by atomic mass is 16.5. The first-order valence-corrected chi connectivity index (χ1v) is 5.52. The van der Waals surface area contributed by atoms with E-state index in [0.717, 1.165) is 0 Å². The molecule has 0 aliphatic carbocycles. The summed E-state index contributed by atoms with van der Waals surface area (Å²) in [6, 6.07) is 5.29. The molecular weight excluding hydrogens is 234 g/mol. The molecule has 2 rings (SSSR count). The average Bonchev–Trinajstić information content (AvgIpc) is 2.61. The summed E-state index contributed by atoms with van der Waals surface area (Å²) in [6.07, 6.45) is 0. The van der Waals surface area contributed by atoms with E-state index < -0.39 is 11.4 Å². The Labute approximate surface area is 105 Å². The van der Waals surface area contributed by atoms with Gasteiger partial charge in [0.15, 0.2) is 5.41 Å². The number of carbonyl (C=O) groups is 2. The first-order chi connectivity index (χ1) is 8.48. The van der Waals surface area contributed by atoms with Crippen molar-refractivity contribution in [1.82, 2.24) is 0 Å². The van der Waals surface area contributed by atoms with Crippen LogP contribution in [0.5, 0.6) is 5.75 Å². The van der Waals surface area contributed by atoms with E-state index in [1.54, 1.807) is 32.2 Å². The molecule has 1 aliphatic rings. The fourth-order valence-electron chi connectivity index (χ4n) is 2.42. The van der Waals surface area contributed by atoms with Crippen LogP contribution >= 0.6 is 0 Å². The second kappa shape index (κ2) is 4.01. The van der Waals surface area contributed by atoms with Crippen LogP contribution in [-0.4, -0.2) is 33.1 Å². The highest BCUT2D eigenvalue weighted by Crippen LogP contribution is 2.46. The monoisotopic (exact) mass is 249 g/mol. The maximum Gasteiger partial charge on any atom is 0.325 e. The summed E-state index contributed by atoms with van der Waals surface area (Å²) in [5.74, 6) is -0.380. The number of amides is 1. The zero-order valence-corrected chi connectivity index (χ0v) is 10.8. The molecule has 0 saturated carbocycles. The zero-order valence-electron chi connectivity index (χ0n) is 10.8. The van der Waals surface area contributed by atoms with E-state index in [4.69, 9.17) is 9.47 Å². The third kappa shape index (κ3) is 1.33. The number of fused-ring (bicyclic) bond motifs is 1. The van der Waals surface area contributed by atoms with Crippen molar-refractivity contribution in [3.63, 3.8) is 0 Å². The van der Waals surface area contributed by atoms with Gasteiger partial charge >= 0.3 is 5.97 Å². The Morgan fingerprint density at radius 3 is 2.56 bits per heavy atom. The molecular formula is C13H15NO4. The SMILES string of the molecule is COC(=O)[C@@]1(C)C(=O)N(C)c2cccc(OC)c21. The fourth-order valence-corrected chi connectivity index (χ4v) is 2.42. The number of nitrogens with zero attached hydrogens (tertiary/aromatic N) is 1. The van der Waals surface area contributed by atoms with Crippen molar-refractivity contribution < 1.29 is 19.1 Å². The first kappa shape index (κ1) is 12.4. The summed E-state index contributed by atoms with van der Waals surface area (Å²) in [5, 5.41) is 0. The largest absolute Gasteiger partial charge is 0.496 e. The predicted molar refractivity (Wildman–Crippen MR) is 65.8 cm³/mol. The molecule has 1 aromatic carbocycles. The molecule has 96 valence electrons. The molecule has 1 aromatic rings. The summed E-state index contributed by atoms with van der Waals surface area (Å²) in [4.78, 5) is 25.8. The van der Waals surface area contributed by atoms with Gasteiger partial charge in [-0.3, -0.25) is 9.59 Å². The lowest BCUT2D eigenvalue weighted by molar-refractivity contribution is -0.150. The number of esters is 1. The van der Waals surface area contributed by atoms with Gasteiger partial charge in [-0.15, -0.1) is 0 Å². The lowest BCUT2D eigenvalue weighted by Gasteiger charge is -2.21. The van der Waals surface area contributed by atoms with Gasteiger partial charge in [0.25, 0.3) is 0 Å². The Morgan fingerprint density at radius 2 is 2.00 bits per heavy atom. The second-order valence-corrected chi connectivity index (χ2v) is 4.34. The number of benzene rings is 1. The molecule has 5 heteroatoms. The Kier molecular flexibility index (Phi) is 2.77. The van der Waals surface area contributed by atoms with Gasteiger partial charge in [0, 0.05) is 12.6 Å². The van der Waals surface area contributed by atoms with E-state index in [0.29, 0.717) is 17.0 Å². The molecule has 0 fully saturated rings. The van der Waals surface area contributed by atoms with Crippen LogP contribution in [0.1, 0.15) is 12.5 Å². The zero-order chi connectivity index (χ0) is 13.5. The Balaban J connectivity index is 2.74. The molecule has 0 N–H and O–H groups in total. The van der Waals surface area contributed by atoms with E-state index in [1.807, 2.05) is 0 Å². The van der Waals surface area contributed by atoms with Gasteiger partial charge < -0.3 is 14.4 Å². The molecule has 0 spiro atoms. The second-order valence-electron chi connectivity index (χ2n) is 4.34. The van der Waals surface area contributed by atoms with Crippen molar-refractivity contribution >= 4 is 17.6 Å². The number of ether oxygens (including phenoxy) is 2. The van der Waals surface area contributed by atoms with Crippen LogP contribution in [0.15, 0.2) is 18.2 Å². The molecule has 0 bridgehead atoms. The number of hydrogen-bond donors (Lipinski definition) is 0. The van der Waals surface area contributed by atoms with E-state index in [9.17, 15) is 9.59 Å². The molecule has 0 saturated heterocycles. The van der Waals surface area contributed by atoms with Crippen LogP contribution in [-0.2, 0) is 19.7 Å². The highest BCUT2D eigenvalue weighted by molar-refractivity contribution is 6.20. The van der Waals surface area contributed by atoms with Crippen LogP contribution in [0.2, 0.25) is 0 Å². The van der Waals surface area contributed by atoms with Gasteiger partial charge in [-0.25, -0.2) is 0 Å². The van der Waals surface area contributed by atoms with Crippen LogP contribution in [0.25, 0.3) is 0 Å². The number of rotatable bonds is 2. The van der Waals surface area contributed by atoms with Gasteiger partial charge in [-0.05, 0) is 19.1 Å². The Hall–Kier alpha value is -2.04. The molecule has 5 nitrogen and oxygen atoms in total. The summed E-state index contributed by atoms with van der Waals surface area (Å²) < 4.78 is 10.0.